The minimum absolute atomic E-state index is 0.192. The second kappa shape index (κ2) is 16.1. The van der Waals surface area contributed by atoms with E-state index in [0.29, 0.717) is 31.5 Å². The summed E-state index contributed by atoms with van der Waals surface area (Å²) in [7, 11) is 0. The summed E-state index contributed by atoms with van der Waals surface area (Å²) < 4.78 is 10.8. The number of rotatable bonds is 16. The predicted molar refractivity (Wildman–Crippen MR) is 107 cm³/mol. The maximum Gasteiger partial charge on any atom is 0.308 e. The first kappa shape index (κ1) is 24.9. The van der Waals surface area contributed by atoms with Gasteiger partial charge in [0.1, 0.15) is 0 Å². The SMILES string of the molecule is CCCCC(CC)COC(=O)CCC(C)C(=O)OCC(CC)CCCC. The van der Waals surface area contributed by atoms with Crippen LogP contribution in [0.15, 0.2) is 0 Å². The molecule has 0 aliphatic rings. The van der Waals surface area contributed by atoms with Crippen LogP contribution in [0.25, 0.3) is 0 Å². The third kappa shape index (κ3) is 12.3. The van der Waals surface area contributed by atoms with Crippen molar-refractivity contribution in [3.8, 4) is 0 Å². The molecule has 0 rings (SSSR count). The van der Waals surface area contributed by atoms with E-state index in [9.17, 15) is 9.59 Å². The van der Waals surface area contributed by atoms with Gasteiger partial charge in [0.25, 0.3) is 0 Å². The molecule has 3 unspecified atom stereocenters. The summed E-state index contributed by atoms with van der Waals surface area (Å²) >= 11 is 0. The molecule has 0 radical (unpaired) electrons. The Balaban J connectivity index is 4.01. The zero-order valence-corrected chi connectivity index (χ0v) is 17.9. The van der Waals surface area contributed by atoms with Gasteiger partial charge in [0.15, 0.2) is 0 Å². The fourth-order valence-corrected chi connectivity index (χ4v) is 2.87. The van der Waals surface area contributed by atoms with Gasteiger partial charge in [-0.25, -0.2) is 0 Å². The summed E-state index contributed by atoms with van der Waals surface area (Å²) in [5.74, 6) is 0.255. The quantitative estimate of drug-likeness (QED) is 0.316. The molecule has 0 saturated carbocycles. The van der Waals surface area contributed by atoms with Crippen molar-refractivity contribution >= 4 is 11.9 Å². The molecule has 0 aromatic heterocycles. The molecule has 0 spiro atoms. The van der Waals surface area contributed by atoms with Crippen LogP contribution in [0.1, 0.15) is 98.8 Å². The Kier molecular flexibility index (Phi) is 15.5. The molecule has 0 heterocycles. The van der Waals surface area contributed by atoms with Crippen LogP contribution in [-0.2, 0) is 19.1 Å². The Labute approximate surface area is 161 Å². The van der Waals surface area contributed by atoms with Gasteiger partial charge in [-0.3, -0.25) is 9.59 Å². The lowest BCUT2D eigenvalue weighted by atomic mass is 10.0. The van der Waals surface area contributed by atoms with E-state index in [2.05, 4.69) is 27.7 Å². The van der Waals surface area contributed by atoms with Crippen molar-refractivity contribution in [3.63, 3.8) is 0 Å². The molecule has 0 aromatic carbocycles. The summed E-state index contributed by atoms with van der Waals surface area (Å²) in [6, 6.07) is 0. The molecule has 0 N–H and O–H groups in total. The summed E-state index contributed by atoms with van der Waals surface area (Å²) in [4.78, 5) is 24.0. The molecule has 4 nitrogen and oxygen atoms in total. The fourth-order valence-electron chi connectivity index (χ4n) is 2.87. The smallest absolute Gasteiger partial charge is 0.308 e. The van der Waals surface area contributed by atoms with Gasteiger partial charge in [-0.15, -0.1) is 0 Å². The van der Waals surface area contributed by atoms with E-state index in [4.69, 9.17) is 9.47 Å². The van der Waals surface area contributed by atoms with Crippen molar-refractivity contribution in [2.45, 2.75) is 98.8 Å². The lowest BCUT2D eigenvalue weighted by Gasteiger charge is -2.17. The Hall–Kier alpha value is -1.06. The molecule has 26 heavy (non-hydrogen) atoms. The fraction of sp³-hybridized carbons (Fsp3) is 0.909. The van der Waals surface area contributed by atoms with Gasteiger partial charge >= 0.3 is 11.9 Å². The van der Waals surface area contributed by atoms with E-state index in [1.807, 2.05) is 6.92 Å². The second-order valence-electron chi connectivity index (χ2n) is 7.59. The van der Waals surface area contributed by atoms with Gasteiger partial charge in [0.05, 0.1) is 19.1 Å². The van der Waals surface area contributed by atoms with Gasteiger partial charge in [-0.1, -0.05) is 73.1 Å². The highest BCUT2D eigenvalue weighted by atomic mass is 16.5. The van der Waals surface area contributed by atoms with Crippen LogP contribution >= 0.6 is 0 Å². The first-order chi connectivity index (χ1) is 12.5. The molecule has 0 fully saturated rings. The van der Waals surface area contributed by atoms with Crippen LogP contribution in [0, 0.1) is 17.8 Å². The van der Waals surface area contributed by atoms with Crippen LogP contribution in [0.2, 0.25) is 0 Å². The minimum Gasteiger partial charge on any atom is -0.465 e. The van der Waals surface area contributed by atoms with Crippen molar-refractivity contribution in [1.82, 2.24) is 0 Å². The maximum atomic E-state index is 12.1. The molecule has 0 aliphatic carbocycles. The molecule has 3 atom stereocenters. The highest BCUT2D eigenvalue weighted by Gasteiger charge is 2.19. The number of esters is 2. The molecular formula is C22H42O4. The first-order valence-corrected chi connectivity index (χ1v) is 10.8. The molecular weight excluding hydrogens is 328 g/mol. The largest absolute Gasteiger partial charge is 0.465 e. The van der Waals surface area contributed by atoms with Crippen molar-refractivity contribution in [3.05, 3.63) is 0 Å². The van der Waals surface area contributed by atoms with Crippen LogP contribution < -0.4 is 0 Å². The molecule has 0 amide bonds. The third-order valence-corrected chi connectivity index (χ3v) is 5.21. The molecule has 0 bridgehead atoms. The predicted octanol–water partition coefficient (Wildman–Crippen LogP) is 5.92. The Morgan fingerprint density at radius 3 is 1.73 bits per heavy atom. The topological polar surface area (TPSA) is 52.6 Å². The number of carbonyl (C=O) groups is 2. The maximum absolute atomic E-state index is 12.1. The average molecular weight is 371 g/mol. The van der Waals surface area contributed by atoms with E-state index in [-0.39, 0.29) is 24.3 Å². The van der Waals surface area contributed by atoms with Crippen LogP contribution in [0.4, 0.5) is 0 Å². The first-order valence-electron chi connectivity index (χ1n) is 10.8. The van der Waals surface area contributed by atoms with Crippen molar-refractivity contribution in [1.29, 1.82) is 0 Å². The normalized spacial score (nSPS) is 14.5. The number of ether oxygens (including phenoxy) is 2. The summed E-state index contributed by atoms with van der Waals surface area (Å²) in [6.45, 7) is 11.5. The average Bonchev–Trinajstić information content (AvgIpc) is 2.66. The number of hydrogen-bond acceptors (Lipinski definition) is 4. The van der Waals surface area contributed by atoms with Gasteiger partial charge in [0.2, 0.25) is 0 Å². The molecule has 0 aliphatic heterocycles. The van der Waals surface area contributed by atoms with Crippen molar-refractivity contribution < 1.29 is 19.1 Å². The third-order valence-electron chi connectivity index (χ3n) is 5.21. The van der Waals surface area contributed by atoms with Gasteiger partial charge in [-0.05, 0) is 31.1 Å². The standard InChI is InChI=1S/C22H42O4/c1-6-10-12-19(8-3)16-25-21(23)15-14-18(5)22(24)26-17-20(9-4)13-11-7-2/h18-20H,6-17H2,1-5H3. The summed E-state index contributed by atoms with van der Waals surface area (Å²) in [6.07, 6.45) is 9.75. The van der Waals surface area contributed by atoms with E-state index < -0.39 is 0 Å². The highest BCUT2D eigenvalue weighted by Crippen LogP contribution is 2.16. The minimum atomic E-state index is -0.256. The zero-order valence-electron chi connectivity index (χ0n) is 17.9. The van der Waals surface area contributed by atoms with Crippen molar-refractivity contribution in [2.24, 2.45) is 17.8 Å². The lowest BCUT2D eigenvalue weighted by molar-refractivity contribution is -0.150. The van der Waals surface area contributed by atoms with E-state index in [1.165, 1.54) is 25.7 Å². The van der Waals surface area contributed by atoms with Crippen LogP contribution in [-0.4, -0.2) is 25.2 Å². The molecule has 0 saturated heterocycles. The Morgan fingerprint density at radius 1 is 0.769 bits per heavy atom. The van der Waals surface area contributed by atoms with E-state index in [1.54, 1.807) is 0 Å². The van der Waals surface area contributed by atoms with Crippen LogP contribution in [0.3, 0.4) is 0 Å². The second-order valence-corrected chi connectivity index (χ2v) is 7.59. The Bertz CT molecular complexity index is 367. The zero-order chi connectivity index (χ0) is 19.8. The number of carbonyl (C=O) groups excluding carboxylic acids is 2. The number of hydrogen-bond donors (Lipinski definition) is 0. The van der Waals surface area contributed by atoms with Gasteiger partial charge < -0.3 is 9.47 Å². The van der Waals surface area contributed by atoms with E-state index >= 15 is 0 Å². The summed E-state index contributed by atoms with van der Waals surface area (Å²) in [5.41, 5.74) is 0. The monoisotopic (exact) mass is 370 g/mol. The summed E-state index contributed by atoms with van der Waals surface area (Å²) in [5, 5.41) is 0. The van der Waals surface area contributed by atoms with Crippen LogP contribution in [0.5, 0.6) is 0 Å². The molecule has 0 aromatic rings. The molecule has 154 valence electrons. The van der Waals surface area contributed by atoms with Crippen molar-refractivity contribution in [2.75, 3.05) is 13.2 Å². The van der Waals surface area contributed by atoms with Gasteiger partial charge in [-0.2, -0.15) is 0 Å². The number of unbranched alkanes of at least 4 members (excludes halogenated alkanes) is 2. The highest BCUT2D eigenvalue weighted by molar-refractivity contribution is 5.74. The lowest BCUT2D eigenvalue weighted by Crippen LogP contribution is -2.21. The van der Waals surface area contributed by atoms with E-state index in [0.717, 1.165) is 25.7 Å². The Morgan fingerprint density at radius 2 is 1.27 bits per heavy atom. The molecule has 4 heteroatoms. The van der Waals surface area contributed by atoms with Gasteiger partial charge in [0, 0.05) is 6.42 Å².